The fourth-order valence-electron chi connectivity index (χ4n) is 3.83. The van der Waals surface area contributed by atoms with Gasteiger partial charge in [-0.1, -0.05) is 44.2 Å². The zero-order valence-corrected chi connectivity index (χ0v) is 21.6. The molecular formula is C28H39N3O4. The number of rotatable bonds is 14. The van der Waals surface area contributed by atoms with Crippen molar-refractivity contribution in [3.63, 3.8) is 0 Å². The smallest absolute Gasteiger partial charge is 0.227 e. The van der Waals surface area contributed by atoms with E-state index >= 15 is 0 Å². The van der Waals surface area contributed by atoms with E-state index in [-0.39, 0.29) is 0 Å². The summed E-state index contributed by atoms with van der Waals surface area (Å²) in [7, 11) is 1.69. The maximum absolute atomic E-state index is 10.6. The van der Waals surface area contributed by atoms with E-state index in [2.05, 4.69) is 18.7 Å². The molecule has 0 spiro atoms. The maximum atomic E-state index is 10.6. The van der Waals surface area contributed by atoms with Gasteiger partial charge < -0.3 is 19.3 Å². The molecule has 0 aliphatic rings. The SMILES string of the molecule is COCCN(Cc1c(C)nn(-c2ccccc2)c1Oc1cccc(C)c1)C[C@H](O)COCC(C)C. The zero-order chi connectivity index (χ0) is 25.2. The van der Waals surface area contributed by atoms with E-state index in [0.717, 1.165) is 28.3 Å². The van der Waals surface area contributed by atoms with Crippen LogP contribution >= 0.6 is 0 Å². The van der Waals surface area contributed by atoms with Crippen molar-refractivity contribution in [3.05, 3.63) is 71.4 Å². The topological polar surface area (TPSA) is 69.0 Å². The van der Waals surface area contributed by atoms with E-state index in [1.54, 1.807) is 7.11 Å². The molecule has 0 radical (unpaired) electrons. The Kier molecular flexibility index (Phi) is 10.3. The number of aliphatic hydroxyl groups is 1. The summed E-state index contributed by atoms with van der Waals surface area (Å²) in [6, 6.07) is 18.0. The van der Waals surface area contributed by atoms with Crippen LogP contribution in [0, 0.1) is 19.8 Å². The van der Waals surface area contributed by atoms with Crippen molar-refractivity contribution >= 4 is 0 Å². The van der Waals surface area contributed by atoms with E-state index in [9.17, 15) is 5.11 Å². The Bertz CT molecular complexity index is 1040. The first-order valence-corrected chi connectivity index (χ1v) is 12.2. The van der Waals surface area contributed by atoms with Crippen molar-refractivity contribution in [2.24, 2.45) is 5.92 Å². The fraction of sp³-hybridized carbons (Fsp3) is 0.464. The largest absolute Gasteiger partial charge is 0.439 e. The van der Waals surface area contributed by atoms with Crippen LogP contribution in [-0.4, -0.2) is 65.9 Å². The third kappa shape index (κ3) is 8.18. The van der Waals surface area contributed by atoms with Gasteiger partial charge in [-0.05, 0) is 49.6 Å². The number of ether oxygens (including phenoxy) is 3. The Morgan fingerprint density at radius 3 is 2.49 bits per heavy atom. The molecule has 35 heavy (non-hydrogen) atoms. The second-order valence-electron chi connectivity index (χ2n) is 9.35. The monoisotopic (exact) mass is 481 g/mol. The minimum Gasteiger partial charge on any atom is -0.439 e. The number of benzene rings is 2. The highest BCUT2D eigenvalue weighted by Gasteiger charge is 2.22. The predicted molar refractivity (Wildman–Crippen MR) is 138 cm³/mol. The van der Waals surface area contributed by atoms with Crippen molar-refractivity contribution in [2.45, 2.75) is 40.3 Å². The van der Waals surface area contributed by atoms with Crippen molar-refractivity contribution in [1.82, 2.24) is 14.7 Å². The number of aromatic nitrogens is 2. The third-order valence-electron chi connectivity index (χ3n) is 5.57. The van der Waals surface area contributed by atoms with Gasteiger partial charge in [-0.3, -0.25) is 4.90 Å². The Morgan fingerprint density at radius 2 is 1.80 bits per heavy atom. The van der Waals surface area contributed by atoms with Gasteiger partial charge in [0.2, 0.25) is 5.88 Å². The molecule has 1 aromatic heterocycles. The van der Waals surface area contributed by atoms with Gasteiger partial charge >= 0.3 is 0 Å². The average molecular weight is 482 g/mol. The molecule has 0 aliphatic heterocycles. The molecule has 1 heterocycles. The second-order valence-corrected chi connectivity index (χ2v) is 9.35. The van der Waals surface area contributed by atoms with Crippen LogP contribution in [0.2, 0.25) is 0 Å². The molecule has 0 saturated carbocycles. The van der Waals surface area contributed by atoms with Crippen LogP contribution in [-0.2, 0) is 16.0 Å². The number of para-hydroxylation sites is 1. The van der Waals surface area contributed by atoms with Gasteiger partial charge in [0.25, 0.3) is 0 Å². The Labute approximate surface area is 209 Å². The Balaban J connectivity index is 1.89. The lowest BCUT2D eigenvalue weighted by Gasteiger charge is -2.25. The van der Waals surface area contributed by atoms with E-state index in [1.807, 2.05) is 73.1 Å². The van der Waals surface area contributed by atoms with E-state index in [4.69, 9.17) is 19.3 Å². The van der Waals surface area contributed by atoms with E-state index < -0.39 is 6.10 Å². The van der Waals surface area contributed by atoms with Gasteiger partial charge in [0.1, 0.15) is 5.75 Å². The molecule has 7 heteroatoms. The Morgan fingerprint density at radius 1 is 1.03 bits per heavy atom. The average Bonchev–Trinajstić information content (AvgIpc) is 3.12. The minimum atomic E-state index is -0.601. The molecule has 0 bridgehead atoms. The van der Waals surface area contributed by atoms with Crippen molar-refractivity contribution < 1.29 is 19.3 Å². The zero-order valence-electron chi connectivity index (χ0n) is 21.6. The highest BCUT2D eigenvalue weighted by Crippen LogP contribution is 2.32. The minimum absolute atomic E-state index is 0.302. The van der Waals surface area contributed by atoms with Gasteiger partial charge in [0, 0.05) is 33.4 Å². The summed E-state index contributed by atoms with van der Waals surface area (Å²) in [6.07, 6.45) is -0.601. The molecule has 1 atom stereocenters. The predicted octanol–water partition coefficient (Wildman–Crippen LogP) is 4.76. The lowest BCUT2D eigenvalue weighted by atomic mass is 10.2. The standard InChI is InChI=1S/C28H39N3O4/c1-21(2)19-34-20-25(32)17-30(14-15-33-5)18-27-23(4)29-31(24-11-7-6-8-12-24)28(27)35-26-13-9-10-22(3)16-26/h6-13,16,21,25,32H,14-15,17-20H2,1-5H3/t25-/m0/s1. The van der Waals surface area contributed by atoms with E-state index in [0.29, 0.717) is 51.3 Å². The molecule has 0 amide bonds. The van der Waals surface area contributed by atoms with Crippen molar-refractivity contribution in [3.8, 4) is 17.3 Å². The van der Waals surface area contributed by atoms with Crippen LogP contribution in [0.25, 0.3) is 5.69 Å². The summed E-state index contributed by atoms with van der Waals surface area (Å²) in [4.78, 5) is 2.16. The first-order valence-electron chi connectivity index (χ1n) is 12.2. The molecule has 2 aromatic carbocycles. The fourth-order valence-corrected chi connectivity index (χ4v) is 3.83. The van der Waals surface area contributed by atoms with Gasteiger partial charge in [-0.2, -0.15) is 5.10 Å². The van der Waals surface area contributed by atoms with Crippen LogP contribution in [0.3, 0.4) is 0 Å². The summed E-state index contributed by atoms with van der Waals surface area (Å²) < 4.78 is 19.3. The van der Waals surface area contributed by atoms with Crippen molar-refractivity contribution in [1.29, 1.82) is 0 Å². The summed E-state index contributed by atoms with van der Waals surface area (Å²) in [5.74, 6) is 1.86. The molecule has 3 aromatic rings. The van der Waals surface area contributed by atoms with E-state index in [1.165, 1.54) is 0 Å². The number of hydrogen-bond acceptors (Lipinski definition) is 6. The van der Waals surface area contributed by atoms with Crippen LogP contribution in [0.15, 0.2) is 54.6 Å². The molecule has 190 valence electrons. The summed E-state index contributed by atoms with van der Waals surface area (Å²) >= 11 is 0. The molecule has 0 aliphatic carbocycles. The summed E-state index contributed by atoms with van der Waals surface area (Å²) in [5, 5.41) is 15.5. The van der Waals surface area contributed by atoms with Crippen LogP contribution < -0.4 is 4.74 Å². The number of aliphatic hydroxyl groups excluding tert-OH is 1. The molecule has 0 saturated heterocycles. The normalized spacial score (nSPS) is 12.5. The number of methoxy groups -OCH3 is 1. The highest BCUT2D eigenvalue weighted by atomic mass is 16.5. The number of nitrogens with zero attached hydrogens (tertiary/aromatic N) is 3. The summed E-state index contributed by atoms with van der Waals surface area (Å²) in [6.45, 7) is 11.4. The van der Waals surface area contributed by atoms with Gasteiger partial charge in [-0.25, -0.2) is 4.68 Å². The highest BCUT2D eigenvalue weighted by molar-refractivity contribution is 5.43. The van der Waals surface area contributed by atoms with Crippen molar-refractivity contribution in [2.75, 3.05) is 40.0 Å². The first kappa shape index (κ1) is 26.9. The molecule has 0 fully saturated rings. The van der Waals surface area contributed by atoms with Gasteiger partial charge in [0.05, 0.1) is 36.3 Å². The Hall–Kier alpha value is -2.71. The number of hydrogen-bond donors (Lipinski definition) is 1. The van der Waals surface area contributed by atoms with Crippen LogP contribution in [0.4, 0.5) is 0 Å². The van der Waals surface area contributed by atoms with Gasteiger partial charge in [0.15, 0.2) is 0 Å². The maximum Gasteiger partial charge on any atom is 0.227 e. The van der Waals surface area contributed by atoms with Gasteiger partial charge in [-0.15, -0.1) is 0 Å². The van der Waals surface area contributed by atoms with Crippen LogP contribution in [0.1, 0.15) is 30.7 Å². The molecule has 1 N–H and O–H groups in total. The second kappa shape index (κ2) is 13.4. The number of aryl methyl sites for hydroxylation is 2. The quantitative estimate of drug-likeness (QED) is 0.358. The molecular weight excluding hydrogens is 442 g/mol. The third-order valence-corrected chi connectivity index (χ3v) is 5.57. The van der Waals surface area contributed by atoms with Crippen LogP contribution in [0.5, 0.6) is 11.6 Å². The summed E-state index contributed by atoms with van der Waals surface area (Å²) in [5.41, 5.74) is 3.90. The molecule has 0 unspecified atom stereocenters. The lowest BCUT2D eigenvalue weighted by Crippen LogP contribution is -2.37. The molecule has 7 nitrogen and oxygen atoms in total. The first-order chi connectivity index (χ1) is 16.9. The lowest BCUT2D eigenvalue weighted by molar-refractivity contribution is 0.00324. The molecule has 3 rings (SSSR count).